The van der Waals surface area contributed by atoms with Crippen LogP contribution in [0.25, 0.3) is 10.9 Å². The Hall–Kier alpha value is -2.42. The molecule has 1 saturated heterocycles. The number of para-hydroxylation sites is 1. The van der Waals surface area contributed by atoms with E-state index in [1.54, 1.807) is 23.1 Å². The molecule has 2 aromatic rings. The highest BCUT2D eigenvalue weighted by atomic mass is 32.2. The van der Waals surface area contributed by atoms with Crippen molar-refractivity contribution in [1.82, 2.24) is 20.2 Å². The lowest BCUT2D eigenvalue weighted by molar-refractivity contribution is 0.184. The zero-order valence-electron chi connectivity index (χ0n) is 14.6. The van der Waals surface area contributed by atoms with Crippen LogP contribution >= 0.6 is 0 Å². The molecule has 26 heavy (non-hydrogen) atoms. The van der Waals surface area contributed by atoms with Crippen molar-refractivity contribution in [2.75, 3.05) is 24.6 Å². The van der Waals surface area contributed by atoms with E-state index in [1.807, 2.05) is 13.0 Å². The molecule has 0 aliphatic carbocycles. The van der Waals surface area contributed by atoms with Crippen LogP contribution in [-0.2, 0) is 16.3 Å². The van der Waals surface area contributed by atoms with Gasteiger partial charge in [0.1, 0.15) is 5.82 Å². The lowest BCUT2D eigenvalue weighted by Crippen LogP contribution is -2.47. The summed E-state index contributed by atoms with van der Waals surface area (Å²) in [5.74, 6) is 0.651. The van der Waals surface area contributed by atoms with E-state index in [4.69, 9.17) is 0 Å². The normalized spacial score (nSPS) is 18.7. The number of benzene rings is 1. The van der Waals surface area contributed by atoms with E-state index in [0.717, 1.165) is 0 Å². The quantitative estimate of drug-likeness (QED) is 0.795. The summed E-state index contributed by atoms with van der Waals surface area (Å²) >= 11 is 0. The fraction of sp³-hybridized carbons (Fsp3) is 0.471. The van der Waals surface area contributed by atoms with Gasteiger partial charge >= 0.3 is 6.03 Å². The van der Waals surface area contributed by atoms with Crippen molar-refractivity contribution in [1.29, 1.82) is 0 Å². The van der Waals surface area contributed by atoms with E-state index in [0.29, 0.717) is 42.7 Å². The third-order valence-electron chi connectivity index (χ3n) is 4.55. The SMILES string of the molecule is CCN(C(=O)NCCc1nc2ccccc2c(=O)[nH]1)C1CCS(=O)(=O)C1. The molecular formula is C17H22N4O4S. The van der Waals surface area contributed by atoms with Crippen LogP contribution in [0.4, 0.5) is 4.79 Å². The van der Waals surface area contributed by atoms with Crippen LogP contribution in [0.15, 0.2) is 29.1 Å². The van der Waals surface area contributed by atoms with Crippen LogP contribution < -0.4 is 10.9 Å². The Balaban J connectivity index is 1.60. The number of hydrogen-bond donors (Lipinski definition) is 2. The number of carbonyl (C=O) groups excluding carboxylic acids is 1. The molecule has 9 heteroatoms. The molecule has 140 valence electrons. The van der Waals surface area contributed by atoms with Crippen LogP contribution in [0.5, 0.6) is 0 Å². The van der Waals surface area contributed by atoms with Crippen LogP contribution in [0.3, 0.4) is 0 Å². The average Bonchev–Trinajstić information content (AvgIpc) is 2.95. The Morgan fingerprint density at radius 1 is 1.38 bits per heavy atom. The second-order valence-electron chi connectivity index (χ2n) is 6.35. The van der Waals surface area contributed by atoms with Crippen molar-refractivity contribution in [3.05, 3.63) is 40.4 Å². The third kappa shape index (κ3) is 4.04. The monoisotopic (exact) mass is 378 g/mol. The van der Waals surface area contributed by atoms with Crippen molar-refractivity contribution in [2.45, 2.75) is 25.8 Å². The molecule has 8 nitrogen and oxygen atoms in total. The van der Waals surface area contributed by atoms with Crippen LogP contribution in [0.1, 0.15) is 19.2 Å². The highest BCUT2D eigenvalue weighted by molar-refractivity contribution is 7.91. The van der Waals surface area contributed by atoms with Gasteiger partial charge in [-0.15, -0.1) is 0 Å². The molecule has 1 atom stereocenters. The van der Waals surface area contributed by atoms with Crippen molar-refractivity contribution >= 4 is 26.8 Å². The average molecular weight is 378 g/mol. The fourth-order valence-electron chi connectivity index (χ4n) is 3.23. The molecule has 2 heterocycles. The molecule has 1 fully saturated rings. The summed E-state index contributed by atoms with van der Waals surface area (Å²) in [6, 6.07) is 6.51. The predicted octanol–water partition coefficient (Wildman–Crippen LogP) is 0.684. The zero-order valence-corrected chi connectivity index (χ0v) is 15.4. The minimum absolute atomic E-state index is 0.0216. The molecule has 0 bridgehead atoms. The molecule has 0 saturated carbocycles. The first kappa shape index (κ1) is 18.4. The molecule has 2 amide bonds. The molecule has 0 radical (unpaired) electrons. The number of nitrogens with zero attached hydrogens (tertiary/aromatic N) is 2. The van der Waals surface area contributed by atoms with Gasteiger partial charge in [-0.1, -0.05) is 12.1 Å². The minimum Gasteiger partial charge on any atom is -0.338 e. The molecule has 1 aromatic heterocycles. The van der Waals surface area contributed by atoms with E-state index >= 15 is 0 Å². The van der Waals surface area contributed by atoms with Crippen molar-refractivity contribution in [2.24, 2.45) is 0 Å². The first-order chi connectivity index (χ1) is 12.4. The number of carbonyl (C=O) groups is 1. The molecule has 3 rings (SSSR count). The van der Waals surface area contributed by atoms with Crippen molar-refractivity contribution in [3.8, 4) is 0 Å². The number of nitrogens with one attached hydrogen (secondary N) is 2. The van der Waals surface area contributed by atoms with E-state index < -0.39 is 9.84 Å². The number of aromatic amines is 1. The number of fused-ring (bicyclic) bond motifs is 1. The largest absolute Gasteiger partial charge is 0.338 e. The fourth-order valence-corrected chi connectivity index (χ4v) is 4.96. The number of urea groups is 1. The minimum atomic E-state index is -3.04. The number of amides is 2. The van der Waals surface area contributed by atoms with Gasteiger partial charge in [-0.05, 0) is 25.5 Å². The summed E-state index contributed by atoms with van der Waals surface area (Å²) < 4.78 is 23.2. The zero-order chi connectivity index (χ0) is 18.7. The smallest absolute Gasteiger partial charge is 0.317 e. The summed E-state index contributed by atoms with van der Waals surface area (Å²) in [6.07, 6.45) is 0.857. The topological polar surface area (TPSA) is 112 Å². The van der Waals surface area contributed by atoms with Gasteiger partial charge < -0.3 is 15.2 Å². The van der Waals surface area contributed by atoms with Gasteiger partial charge in [0, 0.05) is 25.6 Å². The number of sulfone groups is 1. The highest BCUT2D eigenvalue weighted by Crippen LogP contribution is 2.17. The lowest BCUT2D eigenvalue weighted by atomic mass is 10.2. The Morgan fingerprint density at radius 2 is 2.15 bits per heavy atom. The predicted molar refractivity (Wildman–Crippen MR) is 98.9 cm³/mol. The summed E-state index contributed by atoms with van der Waals surface area (Å²) in [5, 5.41) is 3.31. The maximum Gasteiger partial charge on any atom is 0.317 e. The van der Waals surface area contributed by atoms with E-state index in [2.05, 4.69) is 15.3 Å². The van der Waals surface area contributed by atoms with Gasteiger partial charge in [-0.25, -0.2) is 18.2 Å². The summed E-state index contributed by atoms with van der Waals surface area (Å²) in [6.45, 7) is 2.57. The molecule has 1 unspecified atom stereocenters. The second-order valence-corrected chi connectivity index (χ2v) is 8.58. The summed E-state index contributed by atoms with van der Waals surface area (Å²) in [5.41, 5.74) is 0.409. The van der Waals surface area contributed by atoms with Gasteiger partial charge in [-0.2, -0.15) is 0 Å². The third-order valence-corrected chi connectivity index (χ3v) is 6.30. The Bertz CT molecular complexity index is 970. The van der Waals surface area contributed by atoms with Crippen molar-refractivity contribution < 1.29 is 13.2 Å². The van der Waals surface area contributed by atoms with E-state index in [9.17, 15) is 18.0 Å². The maximum absolute atomic E-state index is 12.4. The van der Waals surface area contributed by atoms with Gasteiger partial charge in [0.15, 0.2) is 9.84 Å². The Labute approximate surface area is 151 Å². The van der Waals surface area contributed by atoms with Gasteiger partial charge in [0.25, 0.3) is 5.56 Å². The van der Waals surface area contributed by atoms with Gasteiger partial charge in [-0.3, -0.25) is 4.79 Å². The standard InChI is InChI=1S/C17H22N4O4S/c1-2-21(12-8-10-26(24,25)11-12)17(23)18-9-7-15-19-14-6-4-3-5-13(14)16(22)20-15/h3-6,12H,2,7-11H2,1H3,(H,18,23)(H,19,20,22). The highest BCUT2D eigenvalue weighted by Gasteiger charge is 2.33. The number of rotatable bonds is 5. The second kappa shape index (κ2) is 7.45. The summed E-state index contributed by atoms with van der Waals surface area (Å²) in [4.78, 5) is 33.1. The molecule has 2 N–H and O–H groups in total. The van der Waals surface area contributed by atoms with E-state index in [1.165, 1.54) is 0 Å². The lowest BCUT2D eigenvalue weighted by Gasteiger charge is -2.27. The Morgan fingerprint density at radius 3 is 2.85 bits per heavy atom. The first-order valence-electron chi connectivity index (χ1n) is 8.62. The Kier molecular flexibility index (Phi) is 5.26. The van der Waals surface area contributed by atoms with Crippen molar-refractivity contribution in [3.63, 3.8) is 0 Å². The molecule has 1 aliphatic rings. The first-order valence-corrected chi connectivity index (χ1v) is 10.4. The molecule has 0 spiro atoms. The van der Waals surface area contributed by atoms with Gasteiger partial charge in [0.2, 0.25) is 0 Å². The maximum atomic E-state index is 12.4. The van der Waals surface area contributed by atoms with Crippen LogP contribution in [0, 0.1) is 0 Å². The molecule has 1 aromatic carbocycles. The number of H-pyrrole nitrogens is 1. The number of hydrogen-bond acceptors (Lipinski definition) is 5. The van der Waals surface area contributed by atoms with Crippen LogP contribution in [0.2, 0.25) is 0 Å². The summed E-state index contributed by atoms with van der Waals surface area (Å²) in [7, 11) is -3.04. The molecular weight excluding hydrogens is 356 g/mol. The number of aromatic nitrogens is 2. The van der Waals surface area contributed by atoms with Crippen LogP contribution in [-0.4, -0.2) is 60.0 Å². The van der Waals surface area contributed by atoms with E-state index in [-0.39, 0.29) is 29.1 Å². The van der Waals surface area contributed by atoms with Gasteiger partial charge in [0.05, 0.1) is 22.4 Å². The molecule has 1 aliphatic heterocycles.